The number of rotatable bonds is 5. The van der Waals surface area contributed by atoms with Crippen LogP contribution in [0.15, 0.2) is 36.7 Å². The Morgan fingerprint density at radius 3 is 2.93 bits per heavy atom. The quantitative estimate of drug-likeness (QED) is 0.688. The van der Waals surface area contributed by atoms with E-state index in [0.29, 0.717) is 12.1 Å². The van der Waals surface area contributed by atoms with Crippen molar-refractivity contribution in [2.24, 2.45) is 0 Å². The zero-order chi connectivity index (χ0) is 20.0. The van der Waals surface area contributed by atoms with Gasteiger partial charge in [0.2, 0.25) is 0 Å². The molecule has 4 heterocycles. The first-order chi connectivity index (χ1) is 14.1. The fourth-order valence-electron chi connectivity index (χ4n) is 4.40. The van der Waals surface area contributed by atoms with Gasteiger partial charge in [0.1, 0.15) is 17.2 Å². The first kappa shape index (κ1) is 18.4. The van der Waals surface area contributed by atoms with Crippen LogP contribution >= 0.6 is 0 Å². The molecule has 6 nitrogen and oxygen atoms in total. The molecule has 2 N–H and O–H groups in total. The third kappa shape index (κ3) is 3.46. The van der Waals surface area contributed by atoms with Gasteiger partial charge >= 0.3 is 0 Å². The third-order valence-electron chi connectivity index (χ3n) is 6.47. The van der Waals surface area contributed by atoms with E-state index in [1.807, 2.05) is 12.3 Å². The Morgan fingerprint density at radius 1 is 1.31 bits per heavy atom. The number of anilines is 1. The molecule has 1 aliphatic heterocycles. The summed E-state index contributed by atoms with van der Waals surface area (Å²) in [4.78, 5) is 9.53. The SMILES string of the molecule is COc1cc2ncc(-c3cccc(N[C@H]4CCN[C@@H](C)C4)n3)n2cc1C1(C)CC1. The summed E-state index contributed by atoms with van der Waals surface area (Å²) in [5, 5.41) is 7.13. The van der Waals surface area contributed by atoms with Gasteiger partial charge in [-0.1, -0.05) is 13.0 Å². The van der Waals surface area contributed by atoms with Crippen LogP contribution in [0.3, 0.4) is 0 Å². The number of piperidine rings is 1. The zero-order valence-corrected chi connectivity index (χ0v) is 17.4. The number of nitrogens with one attached hydrogen (secondary N) is 2. The van der Waals surface area contributed by atoms with Crippen molar-refractivity contribution in [3.8, 4) is 17.1 Å². The first-order valence-electron chi connectivity index (χ1n) is 10.6. The van der Waals surface area contributed by atoms with Gasteiger partial charge in [-0.2, -0.15) is 0 Å². The van der Waals surface area contributed by atoms with Gasteiger partial charge in [-0.3, -0.25) is 4.40 Å². The third-order valence-corrected chi connectivity index (χ3v) is 6.47. The Kier molecular flexibility index (Phi) is 4.46. The topological polar surface area (TPSA) is 63.5 Å². The van der Waals surface area contributed by atoms with Crippen molar-refractivity contribution in [2.75, 3.05) is 19.0 Å². The maximum atomic E-state index is 5.66. The lowest BCUT2D eigenvalue weighted by Crippen LogP contribution is -2.41. The minimum atomic E-state index is 0.212. The molecule has 0 spiro atoms. The van der Waals surface area contributed by atoms with E-state index in [1.165, 1.54) is 18.4 Å². The van der Waals surface area contributed by atoms with Crippen LogP contribution < -0.4 is 15.4 Å². The van der Waals surface area contributed by atoms with Gasteiger partial charge in [0.05, 0.1) is 24.7 Å². The molecule has 5 rings (SSSR count). The number of aromatic nitrogens is 3. The predicted octanol–water partition coefficient (Wildman–Crippen LogP) is 4.01. The van der Waals surface area contributed by atoms with E-state index in [4.69, 9.17) is 9.72 Å². The maximum Gasteiger partial charge on any atom is 0.140 e. The van der Waals surface area contributed by atoms with Crippen LogP contribution in [0.4, 0.5) is 5.82 Å². The minimum absolute atomic E-state index is 0.212. The fraction of sp³-hybridized carbons (Fsp3) is 0.478. The Balaban J connectivity index is 1.49. The zero-order valence-electron chi connectivity index (χ0n) is 17.4. The molecule has 152 valence electrons. The second kappa shape index (κ2) is 7.02. The van der Waals surface area contributed by atoms with E-state index < -0.39 is 0 Å². The smallest absolute Gasteiger partial charge is 0.140 e. The number of ether oxygens (including phenoxy) is 1. The molecular weight excluding hydrogens is 362 g/mol. The molecule has 1 aliphatic carbocycles. The summed E-state index contributed by atoms with van der Waals surface area (Å²) < 4.78 is 7.82. The van der Waals surface area contributed by atoms with Crippen molar-refractivity contribution >= 4 is 11.5 Å². The summed E-state index contributed by atoms with van der Waals surface area (Å²) in [6.07, 6.45) is 8.74. The highest BCUT2D eigenvalue weighted by atomic mass is 16.5. The molecule has 0 amide bonds. The molecule has 0 radical (unpaired) electrons. The lowest BCUT2D eigenvalue weighted by atomic mass is 9.99. The van der Waals surface area contributed by atoms with Gasteiger partial charge in [0.25, 0.3) is 0 Å². The minimum Gasteiger partial charge on any atom is -0.496 e. The van der Waals surface area contributed by atoms with E-state index in [0.717, 1.165) is 48.0 Å². The Morgan fingerprint density at radius 2 is 2.17 bits per heavy atom. The summed E-state index contributed by atoms with van der Waals surface area (Å²) in [7, 11) is 1.74. The highest BCUT2D eigenvalue weighted by Crippen LogP contribution is 2.51. The molecule has 3 aromatic heterocycles. The van der Waals surface area contributed by atoms with Gasteiger partial charge in [-0.15, -0.1) is 0 Å². The molecule has 2 fully saturated rings. The molecule has 1 saturated carbocycles. The second-order valence-electron chi connectivity index (χ2n) is 8.82. The van der Waals surface area contributed by atoms with Crippen LogP contribution in [-0.4, -0.2) is 40.1 Å². The van der Waals surface area contributed by atoms with E-state index in [2.05, 4.69) is 58.3 Å². The van der Waals surface area contributed by atoms with Gasteiger partial charge < -0.3 is 15.4 Å². The van der Waals surface area contributed by atoms with Crippen LogP contribution in [0.25, 0.3) is 17.0 Å². The summed E-state index contributed by atoms with van der Waals surface area (Å²) >= 11 is 0. The number of imidazole rings is 1. The molecule has 6 heteroatoms. The molecule has 2 aliphatic rings. The normalized spacial score (nSPS) is 23.1. The summed E-state index contributed by atoms with van der Waals surface area (Å²) in [6, 6.07) is 9.23. The van der Waals surface area contributed by atoms with E-state index >= 15 is 0 Å². The van der Waals surface area contributed by atoms with E-state index in [1.54, 1.807) is 7.11 Å². The van der Waals surface area contributed by atoms with Gasteiger partial charge in [-0.05, 0) is 56.7 Å². The Hall–Kier alpha value is -2.60. The van der Waals surface area contributed by atoms with E-state index in [9.17, 15) is 0 Å². The molecule has 3 aromatic rings. The highest BCUT2D eigenvalue weighted by molar-refractivity contribution is 5.64. The molecule has 0 bridgehead atoms. The van der Waals surface area contributed by atoms with Gasteiger partial charge in [0.15, 0.2) is 0 Å². The van der Waals surface area contributed by atoms with Crippen molar-refractivity contribution in [1.29, 1.82) is 0 Å². The second-order valence-corrected chi connectivity index (χ2v) is 8.82. The average Bonchev–Trinajstić information content (AvgIpc) is 3.33. The fourth-order valence-corrected chi connectivity index (χ4v) is 4.40. The molecule has 0 unspecified atom stereocenters. The number of hydrogen-bond acceptors (Lipinski definition) is 5. The largest absolute Gasteiger partial charge is 0.496 e. The molecule has 2 atom stereocenters. The van der Waals surface area contributed by atoms with Crippen LogP contribution in [0.2, 0.25) is 0 Å². The van der Waals surface area contributed by atoms with Crippen molar-refractivity contribution in [1.82, 2.24) is 19.7 Å². The van der Waals surface area contributed by atoms with Gasteiger partial charge in [0, 0.05) is 29.9 Å². The van der Waals surface area contributed by atoms with E-state index in [-0.39, 0.29) is 5.41 Å². The lowest BCUT2D eigenvalue weighted by molar-refractivity contribution is 0.396. The number of methoxy groups -OCH3 is 1. The van der Waals surface area contributed by atoms with Crippen molar-refractivity contribution < 1.29 is 4.74 Å². The van der Waals surface area contributed by atoms with Crippen molar-refractivity contribution in [3.63, 3.8) is 0 Å². The molecular formula is C23H29N5O. The van der Waals surface area contributed by atoms with Crippen LogP contribution in [0.5, 0.6) is 5.75 Å². The number of hydrogen-bond donors (Lipinski definition) is 2. The first-order valence-corrected chi connectivity index (χ1v) is 10.6. The highest BCUT2D eigenvalue weighted by Gasteiger charge is 2.41. The average molecular weight is 392 g/mol. The number of pyridine rings is 2. The van der Waals surface area contributed by atoms with Crippen LogP contribution in [-0.2, 0) is 5.41 Å². The van der Waals surface area contributed by atoms with Crippen LogP contribution in [0.1, 0.15) is 45.1 Å². The standard InChI is InChI=1S/C23H29N5O/c1-15-11-16(7-10-24-15)26-21-6-4-5-18(27-21)19-13-25-22-12-20(29-3)17(14-28(19)22)23(2)8-9-23/h4-6,12-16,24H,7-11H2,1-3H3,(H,26,27)/t15-,16-/m0/s1. The number of nitrogens with zero attached hydrogens (tertiary/aromatic N) is 3. The van der Waals surface area contributed by atoms with Gasteiger partial charge in [-0.25, -0.2) is 9.97 Å². The Bertz CT molecular complexity index is 1040. The van der Waals surface area contributed by atoms with Crippen molar-refractivity contribution in [3.05, 3.63) is 42.2 Å². The maximum absolute atomic E-state index is 5.66. The molecule has 29 heavy (non-hydrogen) atoms. The van der Waals surface area contributed by atoms with Crippen molar-refractivity contribution in [2.45, 2.75) is 57.0 Å². The molecule has 0 aromatic carbocycles. The summed E-state index contributed by atoms with van der Waals surface area (Å²) in [5.41, 5.74) is 4.29. The lowest BCUT2D eigenvalue weighted by Gasteiger charge is -2.29. The number of fused-ring (bicyclic) bond motifs is 1. The monoisotopic (exact) mass is 391 g/mol. The summed E-state index contributed by atoms with van der Waals surface area (Å²) in [5.74, 6) is 1.86. The van der Waals surface area contributed by atoms with Crippen LogP contribution in [0, 0.1) is 0 Å². The Labute approximate surface area is 171 Å². The molecule has 1 saturated heterocycles. The summed E-state index contributed by atoms with van der Waals surface area (Å²) in [6.45, 7) is 5.59. The predicted molar refractivity (Wildman–Crippen MR) is 116 cm³/mol.